The van der Waals surface area contributed by atoms with E-state index >= 15 is 0 Å². The summed E-state index contributed by atoms with van der Waals surface area (Å²) in [5.74, 6) is 0.493. The summed E-state index contributed by atoms with van der Waals surface area (Å²) in [7, 11) is 0. The molecule has 0 aliphatic heterocycles. The highest BCUT2D eigenvalue weighted by molar-refractivity contribution is 4.62. The molecule has 0 aromatic carbocycles. The van der Waals surface area contributed by atoms with Crippen LogP contribution in [0.5, 0.6) is 0 Å². The van der Waals surface area contributed by atoms with Crippen molar-refractivity contribution in [2.24, 2.45) is 5.92 Å². The highest BCUT2D eigenvalue weighted by Crippen LogP contribution is 1.94. The van der Waals surface area contributed by atoms with Crippen molar-refractivity contribution in [2.75, 3.05) is 26.3 Å². The summed E-state index contributed by atoms with van der Waals surface area (Å²) >= 11 is 0. The Kier molecular flexibility index (Phi) is 9.00. The molecular weight excluding hydrogens is 194 g/mol. The van der Waals surface area contributed by atoms with E-state index in [1.807, 2.05) is 6.92 Å². The molecule has 0 aromatic rings. The molecule has 4 nitrogen and oxygen atoms in total. The summed E-state index contributed by atoms with van der Waals surface area (Å²) in [5.41, 5.74) is 0. The first-order valence-corrected chi connectivity index (χ1v) is 5.70. The van der Waals surface area contributed by atoms with Gasteiger partial charge >= 0.3 is 0 Å². The number of nitrogens with one attached hydrogen (secondary N) is 1. The minimum Gasteiger partial charge on any atom is -0.392 e. The molecule has 0 radical (unpaired) electrons. The molecular formula is C11H25NO3. The number of aliphatic hydroxyl groups is 2. The van der Waals surface area contributed by atoms with Crippen LogP contribution in [0.25, 0.3) is 0 Å². The van der Waals surface area contributed by atoms with Crippen LogP contribution in [0.1, 0.15) is 27.2 Å². The van der Waals surface area contributed by atoms with Crippen molar-refractivity contribution in [3.8, 4) is 0 Å². The summed E-state index contributed by atoms with van der Waals surface area (Å²) in [6.45, 7) is 8.09. The molecule has 2 unspecified atom stereocenters. The molecule has 0 aliphatic carbocycles. The fourth-order valence-corrected chi connectivity index (χ4v) is 1.06. The third kappa shape index (κ3) is 10.1. The molecule has 0 saturated carbocycles. The first-order chi connectivity index (χ1) is 7.06. The third-order valence-corrected chi connectivity index (χ3v) is 1.99. The van der Waals surface area contributed by atoms with Gasteiger partial charge in [0.15, 0.2) is 0 Å². The zero-order valence-electron chi connectivity index (χ0n) is 10.1. The summed E-state index contributed by atoms with van der Waals surface area (Å²) in [6, 6.07) is 0. The Bertz CT molecular complexity index is 142. The fraction of sp³-hybridized carbons (Fsp3) is 1.00. The van der Waals surface area contributed by atoms with Gasteiger partial charge in [0.25, 0.3) is 0 Å². The van der Waals surface area contributed by atoms with Gasteiger partial charge in [-0.3, -0.25) is 0 Å². The highest BCUT2D eigenvalue weighted by atomic mass is 16.5. The Balaban J connectivity index is 3.29. The second kappa shape index (κ2) is 9.09. The first-order valence-electron chi connectivity index (χ1n) is 5.70. The van der Waals surface area contributed by atoms with E-state index in [9.17, 15) is 10.2 Å². The van der Waals surface area contributed by atoms with E-state index < -0.39 is 6.10 Å². The molecule has 4 heteroatoms. The minimum absolute atomic E-state index is 0.325. The molecule has 0 saturated heterocycles. The Morgan fingerprint density at radius 2 is 1.67 bits per heavy atom. The minimum atomic E-state index is -0.493. The second-order valence-corrected chi connectivity index (χ2v) is 4.31. The lowest BCUT2D eigenvalue weighted by atomic mass is 10.2. The molecule has 0 bridgehead atoms. The molecule has 2 atom stereocenters. The van der Waals surface area contributed by atoms with Gasteiger partial charge in [-0.2, -0.15) is 0 Å². The maximum atomic E-state index is 9.48. The van der Waals surface area contributed by atoms with Gasteiger partial charge in [0.05, 0.1) is 18.8 Å². The molecule has 0 amide bonds. The van der Waals surface area contributed by atoms with Gasteiger partial charge in [0.1, 0.15) is 0 Å². The largest absolute Gasteiger partial charge is 0.392 e. The zero-order valence-corrected chi connectivity index (χ0v) is 10.1. The fourth-order valence-electron chi connectivity index (χ4n) is 1.06. The van der Waals surface area contributed by atoms with Crippen LogP contribution in [0.3, 0.4) is 0 Å². The quantitative estimate of drug-likeness (QED) is 0.525. The molecule has 0 spiro atoms. The van der Waals surface area contributed by atoms with Crippen LogP contribution >= 0.6 is 0 Å². The van der Waals surface area contributed by atoms with Crippen molar-refractivity contribution in [3.63, 3.8) is 0 Å². The Morgan fingerprint density at radius 3 is 2.20 bits per heavy atom. The van der Waals surface area contributed by atoms with E-state index in [2.05, 4.69) is 19.2 Å². The van der Waals surface area contributed by atoms with Crippen molar-refractivity contribution in [2.45, 2.75) is 39.4 Å². The predicted molar refractivity (Wildman–Crippen MR) is 60.8 cm³/mol. The summed E-state index contributed by atoms with van der Waals surface area (Å²) in [6.07, 6.45) is -0.0889. The average molecular weight is 219 g/mol. The van der Waals surface area contributed by atoms with Crippen LogP contribution < -0.4 is 5.32 Å². The summed E-state index contributed by atoms with van der Waals surface area (Å²) in [5, 5.41) is 21.7. The van der Waals surface area contributed by atoms with Gasteiger partial charge in [-0.1, -0.05) is 20.8 Å². The van der Waals surface area contributed by atoms with Gasteiger partial charge in [-0.15, -0.1) is 0 Å². The van der Waals surface area contributed by atoms with Crippen LogP contribution in [-0.2, 0) is 4.74 Å². The standard InChI is InChI=1S/C11H25NO3/c1-4-10(13)5-12-6-11(14)8-15-7-9(2)3/h9-14H,4-8H2,1-3H3. The van der Waals surface area contributed by atoms with Crippen LogP contribution in [0.2, 0.25) is 0 Å². The molecule has 0 aliphatic rings. The Labute approximate surface area is 92.6 Å². The van der Waals surface area contributed by atoms with Crippen LogP contribution in [0.15, 0.2) is 0 Å². The van der Waals surface area contributed by atoms with E-state index in [1.54, 1.807) is 0 Å². The van der Waals surface area contributed by atoms with E-state index in [-0.39, 0.29) is 6.10 Å². The lowest BCUT2D eigenvalue weighted by Gasteiger charge is -2.14. The van der Waals surface area contributed by atoms with Crippen LogP contribution in [0.4, 0.5) is 0 Å². The van der Waals surface area contributed by atoms with Crippen molar-refractivity contribution in [3.05, 3.63) is 0 Å². The zero-order chi connectivity index (χ0) is 11.7. The van der Waals surface area contributed by atoms with E-state index in [0.29, 0.717) is 32.2 Å². The summed E-state index contributed by atoms with van der Waals surface area (Å²) < 4.78 is 5.29. The summed E-state index contributed by atoms with van der Waals surface area (Å²) in [4.78, 5) is 0. The Hall–Kier alpha value is -0.160. The molecule has 3 N–H and O–H groups in total. The predicted octanol–water partition coefficient (Wildman–Crippen LogP) is 0.380. The third-order valence-electron chi connectivity index (χ3n) is 1.99. The molecule has 0 aromatic heterocycles. The average Bonchev–Trinajstić information content (AvgIpc) is 2.17. The van der Waals surface area contributed by atoms with Gasteiger partial charge in [-0.25, -0.2) is 0 Å². The normalized spacial score (nSPS) is 15.6. The number of aliphatic hydroxyl groups excluding tert-OH is 2. The van der Waals surface area contributed by atoms with Crippen molar-refractivity contribution in [1.29, 1.82) is 0 Å². The molecule has 15 heavy (non-hydrogen) atoms. The SMILES string of the molecule is CCC(O)CNCC(O)COCC(C)C. The first kappa shape index (κ1) is 14.8. The van der Waals surface area contributed by atoms with E-state index in [0.717, 1.165) is 6.42 Å². The molecule has 0 rings (SSSR count). The lowest BCUT2D eigenvalue weighted by molar-refractivity contribution is 0.0247. The van der Waals surface area contributed by atoms with Gasteiger partial charge in [0.2, 0.25) is 0 Å². The maximum absolute atomic E-state index is 9.48. The van der Waals surface area contributed by atoms with Crippen molar-refractivity contribution in [1.82, 2.24) is 5.32 Å². The number of rotatable bonds is 9. The van der Waals surface area contributed by atoms with Gasteiger partial charge in [0, 0.05) is 19.7 Å². The number of ether oxygens (including phenoxy) is 1. The van der Waals surface area contributed by atoms with Crippen LogP contribution in [-0.4, -0.2) is 48.7 Å². The van der Waals surface area contributed by atoms with Crippen LogP contribution in [0, 0.1) is 5.92 Å². The molecule has 92 valence electrons. The topological polar surface area (TPSA) is 61.7 Å². The van der Waals surface area contributed by atoms with E-state index in [4.69, 9.17) is 4.74 Å². The molecule has 0 fully saturated rings. The lowest BCUT2D eigenvalue weighted by Crippen LogP contribution is -2.35. The highest BCUT2D eigenvalue weighted by Gasteiger charge is 2.06. The van der Waals surface area contributed by atoms with Gasteiger partial charge < -0.3 is 20.3 Å². The van der Waals surface area contributed by atoms with Crippen molar-refractivity contribution >= 4 is 0 Å². The smallest absolute Gasteiger partial charge is 0.0897 e. The monoisotopic (exact) mass is 219 g/mol. The second-order valence-electron chi connectivity index (χ2n) is 4.31. The number of hydrogen-bond donors (Lipinski definition) is 3. The maximum Gasteiger partial charge on any atom is 0.0897 e. The van der Waals surface area contributed by atoms with Gasteiger partial charge in [-0.05, 0) is 12.3 Å². The number of hydrogen-bond acceptors (Lipinski definition) is 4. The van der Waals surface area contributed by atoms with Crippen molar-refractivity contribution < 1.29 is 14.9 Å². The Morgan fingerprint density at radius 1 is 1.07 bits per heavy atom. The van der Waals surface area contributed by atoms with E-state index in [1.165, 1.54) is 0 Å². The molecule has 0 heterocycles.